The van der Waals surface area contributed by atoms with Crippen LogP contribution < -0.4 is 4.18 Å². The molecular weight excluding hydrogens is 380 g/mol. The second-order valence-corrected chi connectivity index (χ2v) is 6.59. The molecule has 0 aliphatic heterocycles. The van der Waals surface area contributed by atoms with Gasteiger partial charge in [0.15, 0.2) is 0 Å². The summed E-state index contributed by atoms with van der Waals surface area (Å²) >= 11 is 0. The molecule has 26 heavy (non-hydrogen) atoms. The van der Waals surface area contributed by atoms with Crippen LogP contribution in [0.5, 0.6) is 5.75 Å². The first-order valence-corrected chi connectivity index (χ1v) is 8.41. The minimum atomic E-state index is -4.84. The number of ether oxygens (including phenoxy) is 1. The first-order valence-electron chi connectivity index (χ1n) is 7.00. The van der Waals surface area contributed by atoms with E-state index in [1.54, 1.807) is 0 Å². The molecule has 0 atom stereocenters. The predicted molar refractivity (Wildman–Crippen MR) is 81.4 cm³/mol. The summed E-state index contributed by atoms with van der Waals surface area (Å²) < 4.78 is 85.2. The Bertz CT molecular complexity index is 905. The Morgan fingerprint density at radius 1 is 1.08 bits per heavy atom. The average Bonchev–Trinajstić information content (AvgIpc) is 2.55. The molecule has 0 saturated heterocycles. The van der Waals surface area contributed by atoms with Gasteiger partial charge in [-0.15, -0.1) is 0 Å². The van der Waals surface area contributed by atoms with Gasteiger partial charge in [-0.2, -0.15) is 21.6 Å². The van der Waals surface area contributed by atoms with Crippen LogP contribution in [-0.4, -0.2) is 21.5 Å². The SMILES string of the molecule is COC(=O)Cc1ccc(OS(=O)(=O)c2cc(C(F)(F)F)ccc2F)cc1. The summed E-state index contributed by atoms with van der Waals surface area (Å²) in [5.74, 6) is -2.15. The maximum atomic E-state index is 13.7. The van der Waals surface area contributed by atoms with Crippen LogP contribution in [0.1, 0.15) is 11.1 Å². The minimum absolute atomic E-state index is 0.0637. The zero-order valence-corrected chi connectivity index (χ0v) is 14.0. The van der Waals surface area contributed by atoms with Gasteiger partial charge in [-0.1, -0.05) is 12.1 Å². The Hall–Kier alpha value is -2.62. The summed E-state index contributed by atoms with van der Waals surface area (Å²) in [6.45, 7) is 0. The molecule has 2 rings (SSSR count). The van der Waals surface area contributed by atoms with Crippen molar-refractivity contribution >= 4 is 16.1 Å². The minimum Gasteiger partial charge on any atom is -0.469 e. The van der Waals surface area contributed by atoms with Crippen molar-refractivity contribution < 1.29 is 39.7 Å². The molecule has 0 saturated carbocycles. The third-order valence-corrected chi connectivity index (χ3v) is 4.50. The molecule has 2 aromatic carbocycles. The molecule has 0 aliphatic rings. The van der Waals surface area contributed by atoms with E-state index in [0.717, 1.165) is 0 Å². The van der Waals surface area contributed by atoms with Crippen LogP contribution in [0.15, 0.2) is 47.4 Å². The van der Waals surface area contributed by atoms with Gasteiger partial charge >= 0.3 is 22.3 Å². The normalized spacial score (nSPS) is 11.9. The van der Waals surface area contributed by atoms with Crippen molar-refractivity contribution in [3.63, 3.8) is 0 Å². The van der Waals surface area contributed by atoms with Crippen LogP contribution in [0, 0.1) is 5.82 Å². The van der Waals surface area contributed by atoms with Crippen molar-refractivity contribution in [2.24, 2.45) is 0 Å². The lowest BCUT2D eigenvalue weighted by atomic mass is 10.1. The van der Waals surface area contributed by atoms with Gasteiger partial charge in [-0.3, -0.25) is 4.79 Å². The molecule has 0 amide bonds. The van der Waals surface area contributed by atoms with E-state index in [2.05, 4.69) is 8.92 Å². The van der Waals surface area contributed by atoms with E-state index in [4.69, 9.17) is 0 Å². The number of carbonyl (C=O) groups is 1. The highest BCUT2D eigenvalue weighted by atomic mass is 32.2. The lowest BCUT2D eigenvalue weighted by molar-refractivity contribution is -0.140. The van der Waals surface area contributed by atoms with Crippen molar-refractivity contribution in [1.82, 2.24) is 0 Å². The second kappa shape index (κ2) is 7.32. The Kier molecular flexibility index (Phi) is 5.55. The number of esters is 1. The summed E-state index contributed by atoms with van der Waals surface area (Å²) in [5, 5.41) is 0. The first kappa shape index (κ1) is 19.7. The summed E-state index contributed by atoms with van der Waals surface area (Å²) in [4.78, 5) is 9.92. The van der Waals surface area contributed by atoms with Crippen molar-refractivity contribution in [2.75, 3.05) is 7.11 Å². The summed E-state index contributed by atoms with van der Waals surface area (Å²) in [6.07, 6.45) is -4.90. The molecule has 0 unspecified atom stereocenters. The number of benzene rings is 2. The predicted octanol–water partition coefficient (Wildman–Crippen LogP) is 3.33. The Balaban J connectivity index is 2.27. The first-order chi connectivity index (χ1) is 12.0. The largest absolute Gasteiger partial charge is 0.469 e. The van der Waals surface area contributed by atoms with Crippen LogP contribution in [-0.2, 0) is 32.2 Å². The molecule has 0 aromatic heterocycles. The van der Waals surface area contributed by atoms with Crippen LogP contribution in [0.4, 0.5) is 17.6 Å². The number of hydrogen-bond donors (Lipinski definition) is 0. The molecule has 2 aromatic rings. The maximum Gasteiger partial charge on any atom is 0.416 e. The molecule has 0 bridgehead atoms. The third kappa shape index (κ3) is 4.72. The molecule has 10 heteroatoms. The molecule has 0 heterocycles. The van der Waals surface area contributed by atoms with Gasteiger partial charge in [0.25, 0.3) is 0 Å². The second-order valence-electron chi connectivity index (χ2n) is 5.08. The summed E-state index contributed by atoms with van der Waals surface area (Å²) in [6, 6.07) is 6.09. The lowest BCUT2D eigenvalue weighted by Gasteiger charge is -2.11. The van der Waals surface area contributed by atoms with Crippen molar-refractivity contribution in [3.05, 3.63) is 59.4 Å². The summed E-state index contributed by atoms with van der Waals surface area (Å²) in [5.41, 5.74) is -0.832. The smallest absolute Gasteiger partial charge is 0.416 e. The highest BCUT2D eigenvalue weighted by Gasteiger charge is 2.33. The Morgan fingerprint density at radius 2 is 1.69 bits per heavy atom. The quantitative estimate of drug-likeness (QED) is 0.444. The van der Waals surface area contributed by atoms with E-state index in [0.29, 0.717) is 17.7 Å². The monoisotopic (exact) mass is 392 g/mol. The number of hydrogen-bond acceptors (Lipinski definition) is 5. The van der Waals surface area contributed by atoms with Crippen LogP contribution >= 0.6 is 0 Å². The van der Waals surface area contributed by atoms with Crippen molar-refractivity contribution in [1.29, 1.82) is 0 Å². The maximum absolute atomic E-state index is 13.7. The molecule has 0 fully saturated rings. The van der Waals surface area contributed by atoms with E-state index < -0.39 is 38.5 Å². The lowest BCUT2D eigenvalue weighted by Crippen LogP contribution is -2.14. The fourth-order valence-corrected chi connectivity index (χ4v) is 2.98. The van der Waals surface area contributed by atoms with Gasteiger partial charge in [0.1, 0.15) is 16.5 Å². The van der Waals surface area contributed by atoms with E-state index >= 15 is 0 Å². The van der Waals surface area contributed by atoms with E-state index in [1.807, 2.05) is 0 Å². The van der Waals surface area contributed by atoms with Crippen LogP contribution in [0.3, 0.4) is 0 Å². The molecule has 0 N–H and O–H groups in total. The van der Waals surface area contributed by atoms with E-state index in [-0.39, 0.29) is 18.2 Å². The van der Waals surface area contributed by atoms with Crippen molar-refractivity contribution in [2.45, 2.75) is 17.5 Å². The van der Waals surface area contributed by atoms with E-state index in [9.17, 15) is 30.8 Å². The van der Waals surface area contributed by atoms with Crippen molar-refractivity contribution in [3.8, 4) is 5.75 Å². The van der Waals surface area contributed by atoms with Crippen LogP contribution in [0.25, 0.3) is 0 Å². The van der Waals surface area contributed by atoms with Gasteiger partial charge in [-0.05, 0) is 35.9 Å². The molecular formula is C16H12F4O5S. The number of carbonyl (C=O) groups excluding carboxylic acids is 1. The standard InChI is InChI=1S/C16H12F4O5S/c1-24-15(21)8-10-2-5-12(6-3-10)25-26(22,23)14-9-11(16(18,19)20)4-7-13(14)17/h2-7,9H,8H2,1H3. The number of rotatable bonds is 5. The molecule has 0 aliphatic carbocycles. The fourth-order valence-electron chi connectivity index (χ4n) is 1.94. The summed E-state index contributed by atoms with van der Waals surface area (Å²) in [7, 11) is -3.63. The topological polar surface area (TPSA) is 69.7 Å². The highest BCUT2D eigenvalue weighted by molar-refractivity contribution is 7.87. The number of methoxy groups -OCH3 is 1. The molecule has 5 nitrogen and oxygen atoms in total. The number of alkyl halides is 3. The zero-order chi connectivity index (χ0) is 19.5. The van der Waals surface area contributed by atoms with Gasteiger partial charge in [-0.25, -0.2) is 4.39 Å². The van der Waals surface area contributed by atoms with Crippen LogP contribution in [0.2, 0.25) is 0 Å². The Labute approximate surface area is 146 Å². The van der Waals surface area contributed by atoms with Gasteiger partial charge in [0.05, 0.1) is 19.1 Å². The third-order valence-electron chi connectivity index (χ3n) is 3.23. The highest BCUT2D eigenvalue weighted by Crippen LogP contribution is 2.32. The fraction of sp³-hybridized carbons (Fsp3) is 0.188. The molecule has 140 valence electrons. The van der Waals surface area contributed by atoms with E-state index in [1.165, 1.54) is 31.4 Å². The van der Waals surface area contributed by atoms with Gasteiger partial charge in [0, 0.05) is 0 Å². The molecule has 0 spiro atoms. The zero-order valence-electron chi connectivity index (χ0n) is 13.2. The van der Waals surface area contributed by atoms with Gasteiger partial charge in [0.2, 0.25) is 0 Å². The average molecular weight is 392 g/mol. The number of halogens is 4. The Morgan fingerprint density at radius 3 is 2.23 bits per heavy atom. The van der Waals surface area contributed by atoms with Gasteiger partial charge < -0.3 is 8.92 Å². The molecule has 0 radical (unpaired) electrons.